The van der Waals surface area contributed by atoms with Gasteiger partial charge >= 0.3 is 6.18 Å². The number of carbonyl (C=O) groups excluding carboxylic acids is 1. The van der Waals surface area contributed by atoms with Gasteiger partial charge < -0.3 is 14.5 Å². The van der Waals surface area contributed by atoms with Crippen LogP contribution in [0.5, 0.6) is 5.75 Å². The fourth-order valence-corrected chi connectivity index (χ4v) is 2.70. The average molecular weight is 461 g/mol. The third-order valence-electron chi connectivity index (χ3n) is 4.53. The first-order valence-corrected chi connectivity index (χ1v) is 8.93. The van der Waals surface area contributed by atoms with Crippen molar-refractivity contribution in [3.8, 4) is 5.75 Å². The van der Waals surface area contributed by atoms with Crippen molar-refractivity contribution in [3.05, 3.63) is 81.8 Å². The van der Waals surface area contributed by atoms with E-state index >= 15 is 0 Å². The number of alkyl halides is 3. The number of rotatable bonds is 5. The van der Waals surface area contributed by atoms with Crippen molar-refractivity contribution in [1.29, 1.82) is 0 Å². The minimum atomic E-state index is -5.69. The van der Waals surface area contributed by atoms with Crippen LogP contribution in [0.3, 0.4) is 0 Å². The SMILES string of the molecule is Cc1ccc(OCc2ccc(C(=O)Nc3c(F)c(F)c(C(F)(F)F)c(F)c3F)o2)cc1C. The monoisotopic (exact) mass is 461 g/mol. The molecule has 0 aliphatic rings. The van der Waals surface area contributed by atoms with Crippen LogP contribution in [-0.2, 0) is 12.8 Å². The lowest BCUT2D eigenvalue weighted by molar-refractivity contribution is -0.143. The van der Waals surface area contributed by atoms with Crippen LogP contribution < -0.4 is 10.1 Å². The maximum atomic E-state index is 13.9. The number of carbonyl (C=O) groups is 1. The molecule has 0 bridgehead atoms. The first-order chi connectivity index (χ1) is 14.9. The summed E-state index contributed by atoms with van der Waals surface area (Å²) < 4.78 is 104. The first-order valence-electron chi connectivity index (χ1n) is 8.93. The van der Waals surface area contributed by atoms with Crippen LogP contribution in [0.1, 0.15) is 33.0 Å². The molecule has 0 aliphatic carbocycles. The van der Waals surface area contributed by atoms with Crippen molar-refractivity contribution in [2.45, 2.75) is 26.6 Å². The van der Waals surface area contributed by atoms with Crippen LogP contribution in [0.4, 0.5) is 36.4 Å². The zero-order valence-corrected chi connectivity index (χ0v) is 16.5. The van der Waals surface area contributed by atoms with Crippen LogP contribution in [0, 0.1) is 37.1 Å². The Morgan fingerprint density at radius 2 is 1.56 bits per heavy atom. The molecule has 0 fully saturated rings. The minimum absolute atomic E-state index is 0.123. The van der Waals surface area contributed by atoms with Gasteiger partial charge in [-0.15, -0.1) is 0 Å². The Kier molecular flexibility index (Phi) is 6.20. The van der Waals surface area contributed by atoms with E-state index in [1.165, 1.54) is 11.4 Å². The van der Waals surface area contributed by atoms with Crippen molar-refractivity contribution < 1.29 is 44.7 Å². The standard InChI is InChI=1S/C21H14F7NO3/c1-9-3-4-11(7-10(9)2)31-8-12-5-6-13(32-12)20(30)29-19-17(24)15(22)14(21(26,27)28)16(23)18(19)25/h3-7H,8H2,1-2H3,(H,29,30). The van der Waals surface area contributed by atoms with E-state index in [1.54, 1.807) is 12.1 Å². The molecule has 2 aromatic carbocycles. The molecule has 32 heavy (non-hydrogen) atoms. The highest BCUT2D eigenvalue weighted by Crippen LogP contribution is 2.38. The Balaban J connectivity index is 1.77. The Bertz CT molecular complexity index is 1160. The zero-order chi connectivity index (χ0) is 23.8. The van der Waals surface area contributed by atoms with Gasteiger partial charge in [-0.2, -0.15) is 13.2 Å². The molecule has 3 aromatic rings. The molecule has 1 amide bonds. The van der Waals surface area contributed by atoms with Gasteiger partial charge in [-0.25, -0.2) is 17.6 Å². The van der Waals surface area contributed by atoms with Crippen LogP contribution >= 0.6 is 0 Å². The van der Waals surface area contributed by atoms with E-state index in [4.69, 9.17) is 9.15 Å². The number of hydrogen-bond donors (Lipinski definition) is 1. The fourth-order valence-electron chi connectivity index (χ4n) is 2.70. The van der Waals surface area contributed by atoms with Gasteiger partial charge in [0.15, 0.2) is 29.0 Å². The van der Waals surface area contributed by atoms with E-state index in [0.717, 1.165) is 17.2 Å². The lowest BCUT2D eigenvalue weighted by atomic mass is 10.1. The van der Waals surface area contributed by atoms with Crippen molar-refractivity contribution in [1.82, 2.24) is 0 Å². The van der Waals surface area contributed by atoms with Crippen molar-refractivity contribution >= 4 is 11.6 Å². The molecule has 0 aliphatic heterocycles. The van der Waals surface area contributed by atoms with Crippen molar-refractivity contribution in [2.24, 2.45) is 0 Å². The molecule has 3 rings (SSSR count). The van der Waals surface area contributed by atoms with Gasteiger partial charge in [0.25, 0.3) is 5.91 Å². The topological polar surface area (TPSA) is 51.5 Å². The number of anilines is 1. The van der Waals surface area contributed by atoms with E-state index in [9.17, 15) is 35.5 Å². The predicted octanol–water partition coefficient (Wildman–Crippen LogP) is 6.30. The summed E-state index contributed by atoms with van der Waals surface area (Å²) in [5.41, 5.74) is -2.44. The molecule has 1 heterocycles. The van der Waals surface area contributed by atoms with Crippen LogP contribution in [-0.4, -0.2) is 5.91 Å². The molecule has 11 heteroatoms. The Labute approximate surface area is 176 Å². The molecule has 0 atom stereocenters. The second-order valence-corrected chi connectivity index (χ2v) is 6.76. The van der Waals surface area contributed by atoms with Crippen LogP contribution in [0.2, 0.25) is 0 Å². The molecule has 0 radical (unpaired) electrons. The molecule has 170 valence electrons. The van der Waals surface area contributed by atoms with Crippen molar-refractivity contribution in [3.63, 3.8) is 0 Å². The molecule has 1 N–H and O–H groups in total. The summed E-state index contributed by atoms with van der Waals surface area (Å²) in [5.74, 6) is -11.4. The average Bonchev–Trinajstić information content (AvgIpc) is 3.19. The first kappa shape index (κ1) is 23.2. The highest BCUT2D eigenvalue weighted by atomic mass is 19.4. The fraction of sp³-hybridized carbons (Fsp3) is 0.190. The van der Waals surface area contributed by atoms with Gasteiger partial charge in [0.2, 0.25) is 0 Å². The van der Waals surface area contributed by atoms with Gasteiger partial charge in [0.05, 0.1) is 0 Å². The van der Waals surface area contributed by atoms with E-state index in [0.29, 0.717) is 5.75 Å². The summed E-state index contributed by atoms with van der Waals surface area (Å²) in [4.78, 5) is 12.1. The number of aryl methyl sites for hydroxylation is 2. The minimum Gasteiger partial charge on any atom is -0.486 e. The van der Waals surface area contributed by atoms with E-state index in [2.05, 4.69) is 0 Å². The van der Waals surface area contributed by atoms with Crippen LogP contribution in [0.15, 0.2) is 34.7 Å². The maximum absolute atomic E-state index is 13.9. The number of amides is 1. The number of halogens is 7. The van der Waals surface area contributed by atoms with E-state index < -0.39 is 52.4 Å². The summed E-state index contributed by atoms with van der Waals surface area (Å²) in [7, 11) is 0. The lowest BCUT2D eigenvalue weighted by Crippen LogP contribution is -2.20. The molecular formula is C21H14F7NO3. The van der Waals surface area contributed by atoms with Gasteiger partial charge in [0.1, 0.15) is 29.4 Å². The number of benzene rings is 2. The second-order valence-electron chi connectivity index (χ2n) is 6.76. The number of hydrogen-bond acceptors (Lipinski definition) is 3. The van der Waals surface area contributed by atoms with Gasteiger partial charge in [-0.3, -0.25) is 4.79 Å². The van der Waals surface area contributed by atoms with E-state index in [-0.39, 0.29) is 12.4 Å². The largest absolute Gasteiger partial charge is 0.486 e. The van der Waals surface area contributed by atoms with Crippen LogP contribution in [0.25, 0.3) is 0 Å². The molecule has 0 spiro atoms. The molecule has 0 unspecified atom stereocenters. The Morgan fingerprint density at radius 1 is 0.938 bits per heavy atom. The molecule has 1 aromatic heterocycles. The summed E-state index contributed by atoms with van der Waals surface area (Å²) in [5, 5.41) is 1.49. The van der Waals surface area contributed by atoms with Crippen molar-refractivity contribution in [2.75, 3.05) is 5.32 Å². The predicted molar refractivity (Wildman–Crippen MR) is 98.2 cm³/mol. The quantitative estimate of drug-likeness (QED) is 0.358. The highest BCUT2D eigenvalue weighted by Gasteiger charge is 2.42. The third-order valence-corrected chi connectivity index (χ3v) is 4.53. The molecule has 4 nitrogen and oxygen atoms in total. The Hall–Kier alpha value is -3.50. The van der Waals surface area contributed by atoms with Gasteiger partial charge in [-0.05, 0) is 49.2 Å². The maximum Gasteiger partial charge on any atom is 0.422 e. The summed E-state index contributed by atoms with van der Waals surface area (Å²) in [6.07, 6.45) is -5.69. The molecule has 0 saturated heterocycles. The zero-order valence-electron chi connectivity index (χ0n) is 16.5. The molecule has 0 saturated carbocycles. The van der Waals surface area contributed by atoms with Gasteiger partial charge in [-0.1, -0.05) is 6.07 Å². The normalized spacial score (nSPS) is 11.5. The molecular weight excluding hydrogens is 447 g/mol. The number of furan rings is 1. The van der Waals surface area contributed by atoms with E-state index in [1.807, 2.05) is 19.9 Å². The number of nitrogens with one attached hydrogen (secondary N) is 1. The second kappa shape index (κ2) is 8.56. The number of ether oxygens (including phenoxy) is 1. The third kappa shape index (κ3) is 4.56. The summed E-state index contributed by atoms with van der Waals surface area (Å²) in [6.45, 7) is 3.67. The highest BCUT2D eigenvalue weighted by molar-refractivity contribution is 6.02. The summed E-state index contributed by atoms with van der Waals surface area (Å²) >= 11 is 0. The van der Waals surface area contributed by atoms with Gasteiger partial charge in [0, 0.05) is 0 Å². The summed E-state index contributed by atoms with van der Waals surface area (Å²) in [6, 6.07) is 7.69. The Morgan fingerprint density at radius 3 is 2.12 bits per heavy atom. The smallest absolute Gasteiger partial charge is 0.422 e. The lowest BCUT2D eigenvalue weighted by Gasteiger charge is -2.14.